The van der Waals surface area contributed by atoms with Gasteiger partial charge in [-0.2, -0.15) is 0 Å². The van der Waals surface area contributed by atoms with Gasteiger partial charge in [0.25, 0.3) is 0 Å². The fourth-order valence-electron chi connectivity index (χ4n) is 1.60. The normalized spacial score (nSPS) is 15.3. The van der Waals surface area contributed by atoms with Crippen molar-refractivity contribution in [2.45, 2.75) is 12.5 Å². The van der Waals surface area contributed by atoms with Gasteiger partial charge in [0.05, 0.1) is 27.2 Å². The summed E-state index contributed by atoms with van der Waals surface area (Å²) in [5, 5.41) is 12.3. The Morgan fingerprint density at radius 1 is 1.53 bits per heavy atom. The molecule has 0 bridgehead atoms. The number of aliphatic hydroxyl groups excluding tert-OH is 1. The minimum Gasteiger partial charge on any atom is -0.385 e. The Morgan fingerprint density at radius 2 is 2.18 bits per heavy atom. The largest absolute Gasteiger partial charge is 0.385 e. The molecule has 6 nitrogen and oxygen atoms in total. The molecule has 17 heavy (non-hydrogen) atoms. The van der Waals surface area contributed by atoms with Crippen LogP contribution in [0.4, 0.5) is 0 Å². The highest BCUT2D eigenvalue weighted by atomic mass is 31.1. The number of amides is 1. The number of hydrogen-bond acceptors (Lipinski definition) is 4. The molecule has 0 saturated heterocycles. The van der Waals surface area contributed by atoms with Crippen LogP contribution in [0.5, 0.6) is 0 Å². The average molecular weight is 267 g/mol. The predicted octanol–water partition coefficient (Wildman–Crippen LogP) is -0.319. The first-order valence-electron chi connectivity index (χ1n) is 5.68. The van der Waals surface area contributed by atoms with Crippen molar-refractivity contribution < 1.29 is 23.5 Å². The zero-order valence-corrected chi connectivity index (χ0v) is 11.8. The number of nitrogens with zero attached hydrogens (tertiary/aromatic N) is 1. The summed E-state index contributed by atoms with van der Waals surface area (Å²) in [6.45, 7) is 3.64. The summed E-state index contributed by atoms with van der Waals surface area (Å²) in [6, 6.07) is 0. The standard InChI is InChI=1S/C10H23N2O4P/c1-12(2,6-4-5-11-9-13)7-10(14)8-16-17(3)15/h9-10,14,17H,4-8H2,1-3H3/p+1. The first kappa shape index (κ1) is 16.6. The predicted molar refractivity (Wildman–Crippen MR) is 67.4 cm³/mol. The Kier molecular flexibility index (Phi) is 8.43. The quantitative estimate of drug-likeness (QED) is 0.246. The van der Waals surface area contributed by atoms with Crippen molar-refractivity contribution in [1.82, 2.24) is 5.32 Å². The minimum atomic E-state index is -1.97. The highest BCUT2D eigenvalue weighted by molar-refractivity contribution is 7.38. The Bertz CT molecular complexity index is 248. The second kappa shape index (κ2) is 8.64. The van der Waals surface area contributed by atoms with E-state index in [1.54, 1.807) is 0 Å². The minimum absolute atomic E-state index is 0.114. The molecule has 0 aliphatic heterocycles. The monoisotopic (exact) mass is 267 g/mol. The maximum absolute atomic E-state index is 10.8. The number of likely N-dealkylation sites (N-methyl/N-ethyl adjacent to an activating group) is 1. The van der Waals surface area contributed by atoms with Crippen LogP contribution >= 0.6 is 8.03 Å². The van der Waals surface area contributed by atoms with Crippen LogP contribution in [0.1, 0.15) is 6.42 Å². The number of carbonyl (C=O) groups excluding carboxylic acids is 1. The van der Waals surface area contributed by atoms with Gasteiger partial charge in [0.1, 0.15) is 12.6 Å². The smallest absolute Gasteiger partial charge is 0.207 e. The van der Waals surface area contributed by atoms with E-state index in [1.165, 1.54) is 6.66 Å². The van der Waals surface area contributed by atoms with Crippen LogP contribution in [0.2, 0.25) is 0 Å². The molecule has 0 spiro atoms. The van der Waals surface area contributed by atoms with E-state index in [0.717, 1.165) is 13.0 Å². The molecule has 0 radical (unpaired) electrons. The number of nitrogens with one attached hydrogen (secondary N) is 1. The Hall–Kier alpha value is -0.420. The first-order chi connectivity index (χ1) is 7.87. The van der Waals surface area contributed by atoms with E-state index in [4.69, 9.17) is 4.52 Å². The summed E-state index contributed by atoms with van der Waals surface area (Å²) < 4.78 is 16.3. The number of quaternary nitrogens is 1. The van der Waals surface area contributed by atoms with Crippen molar-refractivity contribution in [3.05, 3.63) is 0 Å². The maximum atomic E-state index is 10.8. The highest BCUT2D eigenvalue weighted by Crippen LogP contribution is 2.15. The fourth-order valence-corrected chi connectivity index (χ4v) is 2.02. The number of carbonyl (C=O) groups is 1. The number of rotatable bonds is 10. The third-order valence-electron chi connectivity index (χ3n) is 2.35. The second-order valence-corrected chi connectivity index (χ2v) is 6.00. The zero-order valence-electron chi connectivity index (χ0n) is 10.8. The molecule has 0 aromatic heterocycles. The van der Waals surface area contributed by atoms with E-state index in [-0.39, 0.29) is 6.61 Å². The van der Waals surface area contributed by atoms with E-state index in [2.05, 4.69) is 5.32 Å². The summed E-state index contributed by atoms with van der Waals surface area (Å²) in [4.78, 5) is 10.1. The molecule has 2 N–H and O–H groups in total. The number of aliphatic hydroxyl groups is 1. The van der Waals surface area contributed by atoms with Crippen LogP contribution in [0.25, 0.3) is 0 Å². The van der Waals surface area contributed by atoms with Gasteiger partial charge in [-0.15, -0.1) is 0 Å². The summed E-state index contributed by atoms with van der Waals surface area (Å²) in [5.74, 6) is 0. The van der Waals surface area contributed by atoms with Gasteiger partial charge in [0.15, 0.2) is 8.03 Å². The molecule has 0 aromatic carbocycles. The van der Waals surface area contributed by atoms with Gasteiger partial charge in [-0.05, 0) is 0 Å². The maximum Gasteiger partial charge on any atom is 0.207 e. The highest BCUT2D eigenvalue weighted by Gasteiger charge is 2.20. The van der Waals surface area contributed by atoms with Crippen LogP contribution in [-0.4, -0.2) is 69.1 Å². The lowest BCUT2D eigenvalue weighted by Gasteiger charge is -2.31. The Balaban J connectivity index is 3.80. The lowest BCUT2D eigenvalue weighted by Crippen LogP contribution is -2.47. The van der Waals surface area contributed by atoms with Crippen molar-refractivity contribution in [1.29, 1.82) is 0 Å². The number of hydrogen-bond donors (Lipinski definition) is 2. The molecule has 0 heterocycles. The lowest BCUT2D eigenvalue weighted by atomic mass is 10.3. The van der Waals surface area contributed by atoms with Gasteiger partial charge in [0.2, 0.25) is 6.41 Å². The molecule has 0 aliphatic carbocycles. The Morgan fingerprint density at radius 3 is 2.71 bits per heavy atom. The van der Waals surface area contributed by atoms with Gasteiger partial charge < -0.3 is 19.4 Å². The third-order valence-corrected chi connectivity index (χ3v) is 2.93. The van der Waals surface area contributed by atoms with E-state index in [0.29, 0.717) is 24.0 Å². The van der Waals surface area contributed by atoms with Crippen LogP contribution in [0.3, 0.4) is 0 Å². The van der Waals surface area contributed by atoms with Crippen LogP contribution in [0, 0.1) is 0 Å². The summed E-state index contributed by atoms with van der Waals surface area (Å²) in [6.07, 6.45) is 0.920. The molecule has 7 heteroatoms. The topological polar surface area (TPSA) is 75.6 Å². The molecule has 102 valence electrons. The van der Waals surface area contributed by atoms with Crippen molar-refractivity contribution in [2.75, 3.05) is 47.0 Å². The molecular weight excluding hydrogens is 243 g/mol. The molecule has 0 saturated carbocycles. The third kappa shape index (κ3) is 10.5. The van der Waals surface area contributed by atoms with Gasteiger partial charge in [-0.25, -0.2) is 0 Å². The molecular formula is C10H24N2O4P+. The van der Waals surface area contributed by atoms with Crippen molar-refractivity contribution in [3.63, 3.8) is 0 Å². The van der Waals surface area contributed by atoms with Crippen LogP contribution in [0.15, 0.2) is 0 Å². The first-order valence-corrected chi connectivity index (χ1v) is 7.49. The molecule has 0 aliphatic rings. The average Bonchev–Trinajstić information content (AvgIpc) is 2.21. The molecule has 0 fully saturated rings. The van der Waals surface area contributed by atoms with Crippen LogP contribution in [-0.2, 0) is 13.9 Å². The van der Waals surface area contributed by atoms with Gasteiger partial charge in [-0.3, -0.25) is 9.36 Å². The molecule has 2 atom stereocenters. The summed E-state index contributed by atoms with van der Waals surface area (Å²) in [7, 11) is 2.02. The SMILES string of the molecule is C[PH](=O)OCC(O)C[N+](C)(C)CCCNC=O. The molecule has 0 rings (SSSR count). The van der Waals surface area contributed by atoms with Crippen molar-refractivity contribution in [3.8, 4) is 0 Å². The summed E-state index contributed by atoms with van der Waals surface area (Å²) >= 11 is 0. The second-order valence-electron chi connectivity index (χ2n) is 4.72. The molecule has 0 aromatic rings. The molecule has 1 amide bonds. The van der Waals surface area contributed by atoms with Gasteiger partial charge in [-0.1, -0.05) is 0 Å². The van der Waals surface area contributed by atoms with E-state index >= 15 is 0 Å². The van der Waals surface area contributed by atoms with E-state index in [9.17, 15) is 14.5 Å². The van der Waals surface area contributed by atoms with Gasteiger partial charge >= 0.3 is 0 Å². The van der Waals surface area contributed by atoms with E-state index in [1.807, 2.05) is 14.1 Å². The fraction of sp³-hybridized carbons (Fsp3) is 0.900. The van der Waals surface area contributed by atoms with E-state index < -0.39 is 14.1 Å². The van der Waals surface area contributed by atoms with Crippen molar-refractivity contribution in [2.24, 2.45) is 0 Å². The Labute approximate surface area is 103 Å². The summed E-state index contributed by atoms with van der Waals surface area (Å²) in [5.41, 5.74) is 0. The zero-order chi connectivity index (χ0) is 13.3. The van der Waals surface area contributed by atoms with Crippen molar-refractivity contribution >= 4 is 14.4 Å². The molecule has 2 unspecified atom stereocenters. The van der Waals surface area contributed by atoms with Gasteiger partial charge in [0, 0.05) is 19.6 Å². The van der Waals surface area contributed by atoms with Crippen LogP contribution < -0.4 is 5.32 Å². The lowest BCUT2D eigenvalue weighted by molar-refractivity contribution is -0.893.